The second-order valence-electron chi connectivity index (χ2n) is 7.61. The van der Waals surface area contributed by atoms with E-state index in [0.717, 1.165) is 48.3 Å². The monoisotopic (exact) mass is 420 g/mol. The van der Waals surface area contributed by atoms with E-state index in [9.17, 15) is 9.59 Å². The molecule has 0 spiro atoms. The normalized spacial score (nSPS) is 15.0. The SMILES string of the molecule is Cc1cccc(N(C(=O)c2csnn2)[C@@H](C(=O)NC2CCCC2)c2ccccc2)c1. The van der Waals surface area contributed by atoms with Crippen molar-refractivity contribution in [1.29, 1.82) is 0 Å². The standard InChI is InChI=1S/C23H24N4O2S/c1-16-8-7-13-19(14-16)27(23(29)20-15-30-26-25-20)21(17-9-3-2-4-10-17)22(28)24-18-11-5-6-12-18/h2-4,7-10,13-15,18,21H,5-6,11-12H2,1H3,(H,24,28)/t21-/m1/s1. The molecule has 6 nitrogen and oxygen atoms in total. The number of hydrogen-bond donors (Lipinski definition) is 1. The van der Waals surface area contributed by atoms with Crippen LogP contribution in [0.25, 0.3) is 0 Å². The predicted molar refractivity (Wildman–Crippen MR) is 117 cm³/mol. The van der Waals surface area contributed by atoms with Crippen molar-refractivity contribution in [3.63, 3.8) is 0 Å². The molecule has 1 fully saturated rings. The zero-order valence-corrected chi connectivity index (χ0v) is 17.6. The van der Waals surface area contributed by atoms with E-state index in [4.69, 9.17) is 0 Å². The van der Waals surface area contributed by atoms with Crippen LogP contribution in [0.3, 0.4) is 0 Å². The minimum absolute atomic E-state index is 0.152. The van der Waals surface area contributed by atoms with E-state index in [1.165, 1.54) is 0 Å². The van der Waals surface area contributed by atoms with Crippen LogP contribution in [0, 0.1) is 6.92 Å². The molecule has 1 heterocycles. The minimum Gasteiger partial charge on any atom is -0.351 e. The third-order valence-corrected chi connectivity index (χ3v) is 5.91. The Bertz CT molecular complexity index is 1000. The lowest BCUT2D eigenvalue weighted by Crippen LogP contribution is -2.46. The van der Waals surface area contributed by atoms with E-state index >= 15 is 0 Å². The maximum Gasteiger partial charge on any atom is 0.280 e. The van der Waals surface area contributed by atoms with Crippen LogP contribution in [0.1, 0.15) is 53.3 Å². The number of aromatic nitrogens is 2. The fourth-order valence-electron chi connectivity index (χ4n) is 3.95. The lowest BCUT2D eigenvalue weighted by atomic mass is 10.0. The largest absolute Gasteiger partial charge is 0.351 e. The summed E-state index contributed by atoms with van der Waals surface area (Å²) in [6, 6.07) is 16.4. The summed E-state index contributed by atoms with van der Waals surface area (Å²) in [5, 5.41) is 8.76. The first kappa shape index (κ1) is 20.2. The summed E-state index contributed by atoms with van der Waals surface area (Å²) in [5.74, 6) is -0.518. The molecule has 1 aliphatic carbocycles. The second kappa shape index (κ2) is 9.17. The maximum atomic E-state index is 13.5. The summed E-state index contributed by atoms with van der Waals surface area (Å²) in [6.45, 7) is 1.96. The van der Waals surface area contributed by atoms with Crippen LogP contribution in [0.5, 0.6) is 0 Å². The molecule has 0 aliphatic heterocycles. The van der Waals surface area contributed by atoms with Gasteiger partial charge in [-0.3, -0.25) is 14.5 Å². The number of carbonyl (C=O) groups is 2. The van der Waals surface area contributed by atoms with Crippen LogP contribution in [0.2, 0.25) is 0 Å². The molecule has 7 heteroatoms. The van der Waals surface area contributed by atoms with Crippen LogP contribution in [-0.4, -0.2) is 27.4 Å². The summed E-state index contributed by atoms with van der Waals surface area (Å²) < 4.78 is 3.84. The summed E-state index contributed by atoms with van der Waals surface area (Å²) >= 11 is 1.12. The summed E-state index contributed by atoms with van der Waals surface area (Å²) in [6.07, 6.45) is 4.18. The number of rotatable bonds is 6. The van der Waals surface area contributed by atoms with Gasteiger partial charge in [0, 0.05) is 17.1 Å². The number of benzene rings is 2. The Morgan fingerprint density at radius 2 is 1.87 bits per heavy atom. The topological polar surface area (TPSA) is 75.2 Å². The van der Waals surface area contributed by atoms with Crippen molar-refractivity contribution in [3.05, 3.63) is 76.8 Å². The van der Waals surface area contributed by atoms with Gasteiger partial charge >= 0.3 is 0 Å². The van der Waals surface area contributed by atoms with Crippen LogP contribution < -0.4 is 10.2 Å². The minimum atomic E-state index is -0.803. The van der Waals surface area contributed by atoms with Gasteiger partial charge < -0.3 is 5.32 Å². The zero-order valence-electron chi connectivity index (χ0n) is 16.8. The van der Waals surface area contributed by atoms with Crippen molar-refractivity contribution in [2.45, 2.75) is 44.7 Å². The lowest BCUT2D eigenvalue weighted by Gasteiger charge is -2.32. The Kier molecular flexibility index (Phi) is 6.18. The fourth-order valence-corrected chi connectivity index (χ4v) is 4.38. The second-order valence-corrected chi connectivity index (χ2v) is 8.22. The van der Waals surface area contributed by atoms with E-state index in [1.54, 1.807) is 10.3 Å². The van der Waals surface area contributed by atoms with Gasteiger partial charge in [0.25, 0.3) is 5.91 Å². The highest BCUT2D eigenvalue weighted by atomic mass is 32.1. The van der Waals surface area contributed by atoms with Crippen molar-refractivity contribution in [2.24, 2.45) is 0 Å². The molecular formula is C23H24N4O2S. The van der Waals surface area contributed by atoms with Gasteiger partial charge in [-0.2, -0.15) is 0 Å². The van der Waals surface area contributed by atoms with Crippen molar-refractivity contribution in [2.75, 3.05) is 4.90 Å². The molecule has 0 saturated heterocycles. The molecule has 0 radical (unpaired) electrons. The maximum absolute atomic E-state index is 13.5. The van der Waals surface area contributed by atoms with E-state index in [0.29, 0.717) is 5.69 Å². The average Bonchev–Trinajstić information content (AvgIpc) is 3.46. The number of nitrogens with one attached hydrogen (secondary N) is 1. The van der Waals surface area contributed by atoms with E-state index in [-0.39, 0.29) is 23.6 Å². The van der Waals surface area contributed by atoms with Crippen molar-refractivity contribution in [3.8, 4) is 0 Å². The van der Waals surface area contributed by atoms with Crippen LogP contribution >= 0.6 is 11.5 Å². The van der Waals surface area contributed by atoms with Crippen molar-refractivity contribution >= 4 is 29.0 Å². The smallest absolute Gasteiger partial charge is 0.280 e. The molecule has 0 unspecified atom stereocenters. The molecule has 4 rings (SSSR count). The van der Waals surface area contributed by atoms with Gasteiger partial charge in [-0.1, -0.05) is 59.8 Å². The van der Waals surface area contributed by atoms with Crippen LogP contribution in [0.15, 0.2) is 60.0 Å². The van der Waals surface area contributed by atoms with Gasteiger partial charge in [-0.25, -0.2) is 0 Å². The van der Waals surface area contributed by atoms with Gasteiger partial charge in [0.1, 0.15) is 6.04 Å². The van der Waals surface area contributed by atoms with Crippen LogP contribution in [-0.2, 0) is 4.79 Å². The Morgan fingerprint density at radius 1 is 1.10 bits per heavy atom. The van der Waals surface area contributed by atoms with Gasteiger partial charge in [0.05, 0.1) is 0 Å². The number of aryl methyl sites for hydroxylation is 1. The van der Waals surface area contributed by atoms with Crippen LogP contribution in [0.4, 0.5) is 5.69 Å². The highest BCUT2D eigenvalue weighted by molar-refractivity contribution is 7.03. The van der Waals surface area contributed by atoms with E-state index in [2.05, 4.69) is 14.9 Å². The molecule has 2 amide bonds. The average molecular weight is 421 g/mol. The Morgan fingerprint density at radius 3 is 2.53 bits per heavy atom. The first-order valence-corrected chi connectivity index (χ1v) is 11.0. The molecular weight excluding hydrogens is 396 g/mol. The molecule has 1 N–H and O–H groups in total. The highest BCUT2D eigenvalue weighted by Gasteiger charge is 2.35. The Hall–Kier alpha value is -3.06. The highest BCUT2D eigenvalue weighted by Crippen LogP contribution is 2.31. The van der Waals surface area contributed by atoms with Gasteiger partial charge in [0.15, 0.2) is 5.69 Å². The number of nitrogens with zero attached hydrogens (tertiary/aromatic N) is 3. The predicted octanol–water partition coefficient (Wildman–Crippen LogP) is 4.29. The Balaban J connectivity index is 1.79. The molecule has 3 aromatic rings. The summed E-state index contributed by atoms with van der Waals surface area (Å²) in [5.41, 5.74) is 2.65. The summed E-state index contributed by atoms with van der Waals surface area (Å²) in [4.78, 5) is 28.6. The quantitative estimate of drug-likeness (QED) is 0.645. The summed E-state index contributed by atoms with van der Waals surface area (Å²) in [7, 11) is 0. The number of anilines is 1. The van der Waals surface area contributed by atoms with Crippen molar-refractivity contribution in [1.82, 2.24) is 14.9 Å². The number of hydrogen-bond acceptors (Lipinski definition) is 5. The van der Waals surface area contributed by atoms with Crippen molar-refractivity contribution < 1.29 is 9.59 Å². The van der Waals surface area contributed by atoms with E-state index in [1.807, 2.05) is 61.5 Å². The lowest BCUT2D eigenvalue weighted by molar-refractivity contribution is -0.123. The van der Waals surface area contributed by atoms with E-state index < -0.39 is 6.04 Å². The third-order valence-electron chi connectivity index (χ3n) is 5.40. The molecule has 2 aromatic carbocycles. The first-order valence-electron chi connectivity index (χ1n) is 10.2. The fraction of sp³-hybridized carbons (Fsp3) is 0.304. The zero-order chi connectivity index (χ0) is 20.9. The molecule has 30 heavy (non-hydrogen) atoms. The van der Waals surface area contributed by atoms with Gasteiger partial charge in [0.2, 0.25) is 5.91 Å². The number of amides is 2. The Labute approximate surface area is 180 Å². The molecule has 1 saturated carbocycles. The van der Waals surface area contributed by atoms with Gasteiger partial charge in [-0.15, -0.1) is 5.10 Å². The molecule has 1 atom stereocenters. The third kappa shape index (κ3) is 4.41. The molecule has 1 aromatic heterocycles. The first-order chi connectivity index (χ1) is 14.6. The molecule has 0 bridgehead atoms. The molecule has 1 aliphatic rings. The van der Waals surface area contributed by atoms with Gasteiger partial charge in [-0.05, 0) is 54.6 Å². The number of carbonyl (C=O) groups excluding carboxylic acids is 2. The molecule has 154 valence electrons.